The number of carbonyl (C=O) groups is 1. The monoisotopic (exact) mass is 427 g/mol. The molecule has 1 fully saturated rings. The van der Waals surface area contributed by atoms with Crippen LogP contribution in [0.3, 0.4) is 0 Å². The molecule has 0 aliphatic heterocycles. The highest BCUT2D eigenvalue weighted by Gasteiger charge is 2.30. The standard InChI is InChI=1S/C19H21N7O3S/c1-10(2)11-3-5-13(6-4-11)26-19(22-23-24-26)30-9-14(27)15-16(20)25(12-7-8-12)18(29)21-17(15)28/h3-6,10,12H,7-9,20H2,1-2H3,(H,21,28,29). The number of aromatic amines is 1. The summed E-state index contributed by atoms with van der Waals surface area (Å²) < 4.78 is 2.82. The minimum absolute atomic E-state index is 0.0605. The van der Waals surface area contributed by atoms with Crippen molar-refractivity contribution < 1.29 is 4.79 Å². The SMILES string of the molecule is CC(C)c1ccc(-n2nnnc2SCC(=O)c2c(N)n(C3CC3)c(=O)[nH]c2=O)cc1. The molecule has 156 valence electrons. The average Bonchev–Trinajstić information content (AvgIpc) is 3.42. The summed E-state index contributed by atoms with van der Waals surface area (Å²) in [6.07, 6.45) is 1.59. The van der Waals surface area contributed by atoms with Crippen molar-refractivity contribution in [1.82, 2.24) is 29.8 Å². The van der Waals surface area contributed by atoms with E-state index in [1.807, 2.05) is 24.3 Å². The van der Waals surface area contributed by atoms with Gasteiger partial charge in [0.05, 0.1) is 11.4 Å². The van der Waals surface area contributed by atoms with Crippen LogP contribution in [0.25, 0.3) is 5.69 Å². The molecule has 30 heavy (non-hydrogen) atoms. The van der Waals surface area contributed by atoms with Crippen molar-refractivity contribution >= 4 is 23.4 Å². The Morgan fingerprint density at radius 3 is 2.60 bits per heavy atom. The number of nitrogen functional groups attached to an aromatic ring is 1. The number of H-pyrrole nitrogens is 1. The van der Waals surface area contributed by atoms with Crippen LogP contribution in [0.2, 0.25) is 0 Å². The number of ketones is 1. The smallest absolute Gasteiger partial charge is 0.330 e. The van der Waals surface area contributed by atoms with Gasteiger partial charge in [-0.15, -0.1) is 5.10 Å². The maximum absolute atomic E-state index is 12.7. The molecule has 0 unspecified atom stereocenters. The van der Waals surface area contributed by atoms with E-state index >= 15 is 0 Å². The van der Waals surface area contributed by atoms with Gasteiger partial charge in [-0.05, 0) is 46.9 Å². The molecule has 0 spiro atoms. The van der Waals surface area contributed by atoms with Crippen LogP contribution in [-0.4, -0.2) is 41.3 Å². The lowest BCUT2D eigenvalue weighted by Crippen LogP contribution is -2.36. The molecule has 1 aliphatic rings. The Morgan fingerprint density at radius 2 is 1.97 bits per heavy atom. The lowest BCUT2D eigenvalue weighted by atomic mass is 10.0. The summed E-state index contributed by atoms with van der Waals surface area (Å²) >= 11 is 1.10. The van der Waals surface area contributed by atoms with Crippen LogP contribution in [0.4, 0.5) is 5.82 Å². The predicted octanol–water partition coefficient (Wildman–Crippen LogP) is 1.53. The molecule has 0 amide bonds. The first-order chi connectivity index (χ1) is 14.4. The number of tetrazole rings is 1. The Morgan fingerprint density at radius 1 is 1.27 bits per heavy atom. The van der Waals surface area contributed by atoms with Gasteiger partial charge in [0.2, 0.25) is 5.16 Å². The highest BCUT2D eigenvalue weighted by Crippen LogP contribution is 2.35. The molecule has 1 saturated carbocycles. The van der Waals surface area contributed by atoms with Gasteiger partial charge in [-0.2, -0.15) is 4.68 Å². The second-order valence-corrected chi connectivity index (χ2v) is 8.39. The van der Waals surface area contributed by atoms with E-state index in [9.17, 15) is 14.4 Å². The molecule has 0 radical (unpaired) electrons. The summed E-state index contributed by atoms with van der Waals surface area (Å²) in [4.78, 5) is 39.2. The van der Waals surface area contributed by atoms with E-state index in [2.05, 4.69) is 34.4 Å². The van der Waals surface area contributed by atoms with Crippen molar-refractivity contribution in [2.24, 2.45) is 0 Å². The van der Waals surface area contributed by atoms with Crippen molar-refractivity contribution in [1.29, 1.82) is 0 Å². The van der Waals surface area contributed by atoms with Gasteiger partial charge in [-0.1, -0.05) is 37.7 Å². The molecule has 3 N–H and O–H groups in total. The van der Waals surface area contributed by atoms with Crippen molar-refractivity contribution in [3.63, 3.8) is 0 Å². The predicted molar refractivity (Wildman–Crippen MR) is 112 cm³/mol. The van der Waals surface area contributed by atoms with Crippen LogP contribution in [0.5, 0.6) is 0 Å². The van der Waals surface area contributed by atoms with Gasteiger partial charge in [0, 0.05) is 6.04 Å². The fourth-order valence-corrected chi connectivity index (χ4v) is 3.93. The number of nitrogens with two attached hydrogens (primary N) is 1. The van der Waals surface area contributed by atoms with Gasteiger partial charge >= 0.3 is 5.69 Å². The summed E-state index contributed by atoms with van der Waals surface area (Å²) in [5, 5.41) is 12.1. The number of rotatable bonds is 7. The third-order valence-corrected chi connectivity index (χ3v) is 5.87. The first-order valence-corrected chi connectivity index (χ1v) is 10.5. The number of hydrogen-bond donors (Lipinski definition) is 2. The molecule has 3 aromatic rings. The number of nitrogens with one attached hydrogen (secondary N) is 1. The summed E-state index contributed by atoms with van der Waals surface area (Å²) in [6.45, 7) is 4.22. The van der Waals surface area contributed by atoms with Crippen LogP contribution < -0.4 is 17.0 Å². The van der Waals surface area contributed by atoms with Gasteiger partial charge in [0.1, 0.15) is 11.4 Å². The number of Topliss-reactive ketones (excluding diaryl/α,β-unsaturated/α-hetero) is 1. The number of anilines is 1. The molecule has 11 heteroatoms. The van der Waals surface area contributed by atoms with Crippen molar-refractivity contribution in [2.75, 3.05) is 11.5 Å². The van der Waals surface area contributed by atoms with E-state index in [0.29, 0.717) is 11.1 Å². The van der Waals surface area contributed by atoms with E-state index in [1.165, 1.54) is 14.8 Å². The fourth-order valence-electron chi connectivity index (χ4n) is 3.16. The number of aromatic nitrogens is 6. The maximum atomic E-state index is 12.7. The zero-order valence-corrected chi connectivity index (χ0v) is 17.3. The Bertz CT molecular complexity index is 1210. The fraction of sp³-hybridized carbons (Fsp3) is 0.368. The van der Waals surface area contributed by atoms with E-state index in [1.54, 1.807) is 0 Å². The first-order valence-electron chi connectivity index (χ1n) is 9.55. The van der Waals surface area contributed by atoms with Crippen LogP contribution in [-0.2, 0) is 0 Å². The molecular formula is C19H21N7O3S. The van der Waals surface area contributed by atoms with Gasteiger partial charge in [0.25, 0.3) is 5.56 Å². The molecule has 2 aromatic heterocycles. The van der Waals surface area contributed by atoms with Gasteiger partial charge in [-0.3, -0.25) is 19.1 Å². The van der Waals surface area contributed by atoms with Crippen LogP contribution >= 0.6 is 11.8 Å². The van der Waals surface area contributed by atoms with E-state index in [0.717, 1.165) is 30.3 Å². The molecule has 0 saturated heterocycles. The second-order valence-electron chi connectivity index (χ2n) is 7.45. The van der Waals surface area contributed by atoms with E-state index < -0.39 is 17.0 Å². The number of nitrogens with zero attached hydrogens (tertiary/aromatic N) is 5. The molecule has 0 atom stereocenters. The zero-order valence-electron chi connectivity index (χ0n) is 16.5. The molecule has 1 aromatic carbocycles. The van der Waals surface area contributed by atoms with Crippen LogP contribution in [0, 0.1) is 0 Å². The third-order valence-electron chi connectivity index (χ3n) is 4.95. The van der Waals surface area contributed by atoms with Gasteiger partial charge in [0.15, 0.2) is 5.78 Å². The Hall–Kier alpha value is -3.21. The summed E-state index contributed by atoms with van der Waals surface area (Å²) in [5.41, 5.74) is 6.40. The molecule has 0 bridgehead atoms. The molecule has 10 nitrogen and oxygen atoms in total. The van der Waals surface area contributed by atoms with Crippen molar-refractivity contribution in [3.05, 3.63) is 56.2 Å². The maximum Gasteiger partial charge on any atom is 0.330 e. The minimum atomic E-state index is -0.774. The average molecular weight is 427 g/mol. The van der Waals surface area contributed by atoms with Crippen LogP contribution in [0.1, 0.15) is 54.6 Å². The topological polar surface area (TPSA) is 142 Å². The molecule has 4 rings (SSSR count). The summed E-state index contributed by atoms with van der Waals surface area (Å²) in [6, 6.07) is 7.76. The molecular weight excluding hydrogens is 406 g/mol. The zero-order chi connectivity index (χ0) is 21.4. The highest BCUT2D eigenvalue weighted by molar-refractivity contribution is 7.99. The van der Waals surface area contributed by atoms with Crippen molar-refractivity contribution in [2.45, 2.75) is 43.8 Å². The molecule has 1 aliphatic carbocycles. The summed E-state index contributed by atoms with van der Waals surface area (Å²) in [7, 11) is 0. The lowest BCUT2D eigenvalue weighted by molar-refractivity contribution is 0.102. The Balaban J connectivity index is 1.55. The quantitative estimate of drug-likeness (QED) is 0.427. The van der Waals surface area contributed by atoms with Crippen LogP contribution in [0.15, 0.2) is 39.0 Å². The highest BCUT2D eigenvalue weighted by atomic mass is 32.2. The minimum Gasteiger partial charge on any atom is -0.384 e. The number of thioether (sulfide) groups is 1. The normalized spacial score (nSPS) is 13.7. The van der Waals surface area contributed by atoms with E-state index in [4.69, 9.17) is 5.73 Å². The number of carbonyl (C=O) groups excluding carboxylic acids is 1. The first kappa shape index (κ1) is 20.1. The lowest BCUT2D eigenvalue weighted by Gasteiger charge is -2.11. The summed E-state index contributed by atoms with van der Waals surface area (Å²) in [5.74, 6) is -0.263. The largest absolute Gasteiger partial charge is 0.384 e. The Labute approximate surface area is 175 Å². The van der Waals surface area contributed by atoms with Gasteiger partial charge < -0.3 is 5.73 Å². The number of hydrogen-bond acceptors (Lipinski definition) is 8. The molecule has 2 heterocycles. The second kappa shape index (κ2) is 7.90. The third kappa shape index (κ3) is 3.80. The van der Waals surface area contributed by atoms with Gasteiger partial charge in [-0.25, -0.2) is 4.79 Å². The van der Waals surface area contributed by atoms with E-state index in [-0.39, 0.29) is 23.2 Å². The van der Waals surface area contributed by atoms with Crippen molar-refractivity contribution in [3.8, 4) is 5.69 Å². The number of benzene rings is 1. The Kier molecular flexibility index (Phi) is 5.29.